The topological polar surface area (TPSA) is 55.6 Å². The van der Waals surface area contributed by atoms with Crippen molar-refractivity contribution in [3.05, 3.63) is 29.6 Å². The number of benzene rings is 1. The Balaban J connectivity index is 0.00000192. The van der Waals surface area contributed by atoms with E-state index in [2.05, 4.69) is 0 Å². The third-order valence-corrected chi connectivity index (χ3v) is 4.96. The molecule has 2 aliphatic rings. The van der Waals surface area contributed by atoms with Crippen LogP contribution in [0, 0.1) is 5.82 Å². The second-order valence-corrected chi connectivity index (χ2v) is 6.37. The summed E-state index contributed by atoms with van der Waals surface area (Å²) >= 11 is 0. The maximum atomic E-state index is 13.8. The summed E-state index contributed by atoms with van der Waals surface area (Å²) < 4.78 is 19.3. The van der Waals surface area contributed by atoms with Gasteiger partial charge in [0.05, 0.1) is 12.5 Å². The highest BCUT2D eigenvalue weighted by molar-refractivity contribution is 5.85. The van der Waals surface area contributed by atoms with Gasteiger partial charge in [-0.3, -0.25) is 4.79 Å². The van der Waals surface area contributed by atoms with Crippen molar-refractivity contribution in [1.29, 1.82) is 0 Å². The zero-order valence-electron chi connectivity index (χ0n) is 13.3. The molecule has 1 aliphatic carbocycles. The standard InChI is InChI=1S/C17H23FN2O2.ClH/c1-20(12-7-5-11(19)6-8-12)17(21)14-9-10-22-16-13(14)3-2-4-15(16)18;/h2-4,11-12,14H,5-10,19H2,1H3;1H. The van der Waals surface area contributed by atoms with E-state index in [1.54, 1.807) is 12.1 Å². The minimum atomic E-state index is -0.388. The number of ether oxygens (including phenoxy) is 1. The van der Waals surface area contributed by atoms with Crippen molar-refractivity contribution >= 4 is 18.3 Å². The lowest BCUT2D eigenvalue weighted by atomic mass is 9.88. The second kappa shape index (κ2) is 7.49. The van der Waals surface area contributed by atoms with Crippen molar-refractivity contribution in [2.75, 3.05) is 13.7 Å². The molecule has 1 atom stereocenters. The van der Waals surface area contributed by atoms with Crippen LogP contribution in [0.25, 0.3) is 0 Å². The maximum Gasteiger partial charge on any atom is 0.230 e. The monoisotopic (exact) mass is 342 g/mol. The normalized spacial score (nSPS) is 26.5. The van der Waals surface area contributed by atoms with E-state index in [-0.39, 0.29) is 47.9 Å². The first-order valence-corrected chi connectivity index (χ1v) is 8.01. The van der Waals surface area contributed by atoms with E-state index in [0.29, 0.717) is 18.6 Å². The fourth-order valence-electron chi connectivity index (χ4n) is 3.56. The average Bonchev–Trinajstić information content (AvgIpc) is 2.54. The highest BCUT2D eigenvalue weighted by atomic mass is 35.5. The summed E-state index contributed by atoms with van der Waals surface area (Å²) in [5, 5.41) is 0. The van der Waals surface area contributed by atoms with Crippen LogP contribution >= 0.6 is 12.4 Å². The number of para-hydroxylation sites is 1. The largest absolute Gasteiger partial charge is 0.490 e. The molecule has 6 heteroatoms. The number of hydrogen-bond donors (Lipinski definition) is 1. The van der Waals surface area contributed by atoms with Crippen molar-refractivity contribution in [3.63, 3.8) is 0 Å². The van der Waals surface area contributed by atoms with Crippen molar-refractivity contribution < 1.29 is 13.9 Å². The Kier molecular flexibility index (Phi) is 5.87. The molecule has 0 radical (unpaired) electrons. The van der Waals surface area contributed by atoms with Gasteiger partial charge in [0.25, 0.3) is 0 Å². The number of fused-ring (bicyclic) bond motifs is 1. The number of nitrogens with zero attached hydrogens (tertiary/aromatic N) is 1. The first-order valence-electron chi connectivity index (χ1n) is 8.01. The quantitative estimate of drug-likeness (QED) is 0.899. The highest BCUT2D eigenvalue weighted by Gasteiger charge is 2.34. The van der Waals surface area contributed by atoms with E-state index in [4.69, 9.17) is 10.5 Å². The van der Waals surface area contributed by atoms with Gasteiger partial charge < -0.3 is 15.4 Å². The van der Waals surface area contributed by atoms with Crippen LogP contribution in [0.2, 0.25) is 0 Å². The minimum Gasteiger partial charge on any atom is -0.490 e. The summed E-state index contributed by atoms with van der Waals surface area (Å²) in [5.74, 6) is -0.386. The van der Waals surface area contributed by atoms with Gasteiger partial charge >= 0.3 is 0 Å². The molecule has 1 unspecified atom stereocenters. The highest BCUT2D eigenvalue weighted by Crippen LogP contribution is 2.37. The predicted molar refractivity (Wildman–Crippen MR) is 89.5 cm³/mol. The lowest BCUT2D eigenvalue weighted by Gasteiger charge is -2.36. The van der Waals surface area contributed by atoms with Crippen molar-refractivity contribution in [1.82, 2.24) is 4.90 Å². The summed E-state index contributed by atoms with van der Waals surface area (Å²) in [6.07, 6.45) is 4.42. The SMILES string of the molecule is CN(C(=O)C1CCOc2c(F)cccc21)C1CCC(N)CC1.Cl. The van der Waals surface area contributed by atoms with Crippen LogP contribution in [0.3, 0.4) is 0 Å². The van der Waals surface area contributed by atoms with Gasteiger partial charge in [-0.05, 0) is 38.2 Å². The zero-order chi connectivity index (χ0) is 15.7. The summed E-state index contributed by atoms with van der Waals surface area (Å²) in [6.45, 7) is 0.383. The molecule has 3 rings (SSSR count). The van der Waals surface area contributed by atoms with Crippen LogP contribution in [0.15, 0.2) is 18.2 Å². The maximum absolute atomic E-state index is 13.8. The number of carbonyl (C=O) groups excluding carboxylic acids is 1. The third-order valence-electron chi connectivity index (χ3n) is 4.96. The van der Waals surface area contributed by atoms with Crippen molar-refractivity contribution in [2.45, 2.75) is 50.1 Å². The molecule has 1 aliphatic heterocycles. The lowest BCUT2D eigenvalue weighted by Crippen LogP contribution is -2.44. The Morgan fingerprint density at radius 1 is 1.26 bits per heavy atom. The van der Waals surface area contributed by atoms with E-state index in [9.17, 15) is 9.18 Å². The van der Waals surface area contributed by atoms with Gasteiger partial charge in [0, 0.05) is 24.7 Å². The Hall–Kier alpha value is -1.33. The molecule has 0 spiro atoms. The van der Waals surface area contributed by atoms with Crippen LogP contribution in [-0.4, -0.2) is 36.5 Å². The average molecular weight is 343 g/mol. The molecule has 1 fully saturated rings. The number of halogens is 2. The smallest absolute Gasteiger partial charge is 0.230 e. The molecule has 1 aromatic carbocycles. The molecule has 1 heterocycles. The van der Waals surface area contributed by atoms with E-state index >= 15 is 0 Å². The zero-order valence-corrected chi connectivity index (χ0v) is 14.2. The molecule has 1 saturated carbocycles. The molecule has 0 aromatic heterocycles. The molecule has 4 nitrogen and oxygen atoms in total. The molecular formula is C17H24ClFN2O2. The summed E-state index contributed by atoms with van der Waals surface area (Å²) in [7, 11) is 1.86. The fraction of sp³-hybridized carbons (Fsp3) is 0.588. The van der Waals surface area contributed by atoms with E-state index in [0.717, 1.165) is 25.7 Å². The molecule has 1 aromatic rings. The third kappa shape index (κ3) is 3.61. The molecule has 128 valence electrons. The number of hydrogen-bond acceptors (Lipinski definition) is 3. The van der Waals surface area contributed by atoms with Gasteiger partial charge in [-0.2, -0.15) is 0 Å². The number of likely N-dealkylation sites (N-methyl/N-ethyl adjacent to an activating group) is 1. The molecule has 2 N–H and O–H groups in total. The van der Waals surface area contributed by atoms with E-state index < -0.39 is 0 Å². The van der Waals surface area contributed by atoms with Gasteiger partial charge in [0.2, 0.25) is 5.91 Å². The first-order chi connectivity index (χ1) is 10.6. The number of rotatable bonds is 2. The van der Waals surface area contributed by atoms with Gasteiger partial charge in [-0.15, -0.1) is 12.4 Å². The fourth-order valence-corrected chi connectivity index (χ4v) is 3.56. The van der Waals surface area contributed by atoms with Gasteiger partial charge in [0.1, 0.15) is 0 Å². The van der Waals surface area contributed by atoms with E-state index in [1.807, 2.05) is 11.9 Å². The Labute approximate surface area is 142 Å². The molecule has 0 bridgehead atoms. The van der Waals surface area contributed by atoms with Crippen LogP contribution in [0.4, 0.5) is 4.39 Å². The first kappa shape index (κ1) is 18.0. The molecule has 1 amide bonds. The van der Waals surface area contributed by atoms with Gasteiger partial charge in [-0.1, -0.05) is 12.1 Å². The van der Waals surface area contributed by atoms with Crippen LogP contribution in [0.5, 0.6) is 5.75 Å². The van der Waals surface area contributed by atoms with Gasteiger partial charge in [0.15, 0.2) is 11.6 Å². The number of nitrogens with two attached hydrogens (primary N) is 1. The Morgan fingerprint density at radius 2 is 1.96 bits per heavy atom. The van der Waals surface area contributed by atoms with Crippen molar-refractivity contribution in [3.8, 4) is 5.75 Å². The van der Waals surface area contributed by atoms with Crippen LogP contribution in [0.1, 0.15) is 43.6 Å². The predicted octanol–water partition coefficient (Wildman–Crippen LogP) is 2.84. The Bertz CT molecular complexity index is 562. The van der Waals surface area contributed by atoms with Crippen molar-refractivity contribution in [2.24, 2.45) is 5.73 Å². The second-order valence-electron chi connectivity index (χ2n) is 6.37. The van der Waals surface area contributed by atoms with Crippen LogP contribution < -0.4 is 10.5 Å². The minimum absolute atomic E-state index is 0. The molecular weight excluding hydrogens is 319 g/mol. The Morgan fingerprint density at radius 3 is 2.65 bits per heavy atom. The number of carbonyl (C=O) groups is 1. The number of amides is 1. The van der Waals surface area contributed by atoms with E-state index in [1.165, 1.54) is 6.07 Å². The van der Waals surface area contributed by atoms with Gasteiger partial charge in [-0.25, -0.2) is 4.39 Å². The molecule has 0 saturated heterocycles. The summed E-state index contributed by atoms with van der Waals surface area (Å²) in [6, 6.07) is 5.32. The molecule has 23 heavy (non-hydrogen) atoms. The summed E-state index contributed by atoms with van der Waals surface area (Å²) in [4.78, 5) is 14.7. The summed E-state index contributed by atoms with van der Waals surface area (Å²) in [5.41, 5.74) is 6.61. The lowest BCUT2D eigenvalue weighted by molar-refractivity contribution is -0.135. The van der Waals surface area contributed by atoms with Crippen LogP contribution in [-0.2, 0) is 4.79 Å².